The first-order chi connectivity index (χ1) is 9.08. The molecule has 0 amide bonds. The van der Waals surface area contributed by atoms with Crippen molar-refractivity contribution < 1.29 is 19.1 Å². The van der Waals surface area contributed by atoms with Crippen LogP contribution in [-0.4, -0.2) is 22.2 Å². The van der Waals surface area contributed by atoms with Crippen LogP contribution in [0.15, 0.2) is 34.7 Å². The van der Waals surface area contributed by atoms with E-state index in [9.17, 15) is 4.79 Å². The van der Waals surface area contributed by atoms with Gasteiger partial charge in [-0.15, -0.1) is 0 Å². The summed E-state index contributed by atoms with van der Waals surface area (Å²) < 4.78 is 10.9. The predicted molar refractivity (Wildman–Crippen MR) is 68.8 cm³/mol. The van der Waals surface area contributed by atoms with E-state index in [2.05, 4.69) is 4.98 Å². The van der Waals surface area contributed by atoms with Gasteiger partial charge in [-0.25, -0.2) is 9.78 Å². The second kappa shape index (κ2) is 5.67. The Hall–Kier alpha value is -2.14. The lowest BCUT2D eigenvalue weighted by molar-refractivity contribution is 0.0514. The molecule has 0 radical (unpaired) electrons. The van der Waals surface area contributed by atoms with Gasteiger partial charge in [0, 0.05) is 5.56 Å². The molecule has 0 saturated carbocycles. The summed E-state index contributed by atoms with van der Waals surface area (Å²) in [5.41, 5.74) is 0.639. The van der Waals surface area contributed by atoms with E-state index in [-0.39, 0.29) is 24.2 Å². The molecule has 19 heavy (non-hydrogen) atoms. The van der Waals surface area contributed by atoms with Crippen molar-refractivity contribution >= 4 is 5.97 Å². The van der Waals surface area contributed by atoms with Gasteiger partial charge in [0.05, 0.1) is 6.10 Å². The highest BCUT2D eigenvalue weighted by molar-refractivity contribution is 5.87. The van der Waals surface area contributed by atoms with Crippen molar-refractivity contribution in [3.05, 3.63) is 41.8 Å². The minimum absolute atomic E-state index is 0.00748. The van der Waals surface area contributed by atoms with Gasteiger partial charge in [-0.1, -0.05) is 18.2 Å². The van der Waals surface area contributed by atoms with Crippen molar-refractivity contribution in [2.75, 3.05) is 0 Å². The number of carbonyl (C=O) groups is 1. The van der Waals surface area contributed by atoms with E-state index >= 15 is 0 Å². The lowest BCUT2D eigenvalue weighted by atomic mass is 10.2. The van der Waals surface area contributed by atoms with Crippen LogP contribution in [0, 0.1) is 0 Å². The molecule has 0 unspecified atom stereocenters. The second-order valence-corrected chi connectivity index (χ2v) is 4.32. The fraction of sp³-hybridized carbons (Fsp3) is 0.286. The van der Waals surface area contributed by atoms with Crippen molar-refractivity contribution in [2.24, 2.45) is 0 Å². The Morgan fingerprint density at radius 1 is 1.37 bits per heavy atom. The van der Waals surface area contributed by atoms with Gasteiger partial charge < -0.3 is 14.3 Å². The molecule has 1 N–H and O–H groups in total. The zero-order chi connectivity index (χ0) is 13.8. The number of hydrogen-bond donors (Lipinski definition) is 1. The summed E-state index contributed by atoms with van der Waals surface area (Å²) in [7, 11) is 0. The molecule has 1 heterocycles. The summed E-state index contributed by atoms with van der Waals surface area (Å²) >= 11 is 0. The highest BCUT2D eigenvalue weighted by Crippen LogP contribution is 2.22. The SMILES string of the molecule is CC(C)OCc1oc(-c2ccccc2)nc1C(=O)O. The van der Waals surface area contributed by atoms with Crippen LogP contribution in [-0.2, 0) is 11.3 Å². The number of carboxylic acids is 1. The molecule has 0 aliphatic carbocycles. The maximum atomic E-state index is 11.1. The highest BCUT2D eigenvalue weighted by Gasteiger charge is 2.20. The quantitative estimate of drug-likeness (QED) is 0.895. The molecule has 0 aliphatic heterocycles. The molecule has 0 aliphatic rings. The van der Waals surface area contributed by atoms with Crippen LogP contribution in [0.3, 0.4) is 0 Å². The maximum absolute atomic E-state index is 11.1. The van der Waals surface area contributed by atoms with E-state index in [4.69, 9.17) is 14.3 Å². The molecule has 5 heteroatoms. The van der Waals surface area contributed by atoms with Crippen molar-refractivity contribution in [1.29, 1.82) is 0 Å². The smallest absolute Gasteiger partial charge is 0.358 e. The number of aromatic nitrogens is 1. The number of aromatic carboxylic acids is 1. The molecule has 0 atom stereocenters. The Kier molecular flexibility index (Phi) is 3.97. The molecule has 0 fully saturated rings. The van der Waals surface area contributed by atoms with E-state index in [1.165, 1.54) is 0 Å². The van der Waals surface area contributed by atoms with Crippen LogP contribution < -0.4 is 0 Å². The summed E-state index contributed by atoms with van der Waals surface area (Å²) in [6.07, 6.45) is -0.00748. The summed E-state index contributed by atoms with van der Waals surface area (Å²) in [4.78, 5) is 15.1. The number of benzene rings is 1. The zero-order valence-corrected chi connectivity index (χ0v) is 10.8. The predicted octanol–water partition coefficient (Wildman–Crippen LogP) is 2.96. The first kappa shape index (κ1) is 13.3. The van der Waals surface area contributed by atoms with Crippen LogP contribution in [0.25, 0.3) is 11.5 Å². The molecule has 2 rings (SSSR count). The third kappa shape index (κ3) is 3.20. The molecule has 0 spiro atoms. The third-order valence-corrected chi connectivity index (χ3v) is 2.47. The van der Waals surface area contributed by atoms with Crippen molar-refractivity contribution in [3.8, 4) is 11.5 Å². The molecular formula is C14H15NO4. The van der Waals surface area contributed by atoms with Gasteiger partial charge in [0.15, 0.2) is 11.5 Å². The molecule has 100 valence electrons. The van der Waals surface area contributed by atoms with Gasteiger partial charge in [-0.3, -0.25) is 0 Å². The molecule has 1 aromatic carbocycles. The summed E-state index contributed by atoms with van der Waals surface area (Å²) in [5, 5.41) is 9.11. The number of ether oxygens (including phenoxy) is 1. The average molecular weight is 261 g/mol. The molecular weight excluding hydrogens is 246 g/mol. The Balaban J connectivity index is 2.32. The highest BCUT2D eigenvalue weighted by atomic mass is 16.5. The average Bonchev–Trinajstić information content (AvgIpc) is 2.81. The van der Waals surface area contributed by atoms with Crippen LogP contribution >= 0.6 is 0 Å². The monoisotopic (exact) mass is 261 g/mol. The number of nitrogens with zero attached hydrogens (tertiary/aromatic N) is 1. The molecule has 2 aromatic rings. The Labute approximate surface area is 110 Å². The second-order valence-electron chi connectivity index (χ2n) is 4.32. The van der Waals surface area contributed by atoms with Crippen LogP contribution in [0.4, 0.5) is 0 Å². The minimum Gasteiger partial charge on any atom is -0.476 e. The van der Waals surface area contributed by atoms with Crippen molar-refractivity contribution in [2.45, 2.75) is 26.6 Å². The van der Waals surface area contributed by atoms with Crippen molar-refractivity contribution in [1.82, 2.24) is 4.98 Å². The van der Waals surface area contributed by atoms with Crippen LogP contribution in [0.5, 0.6) is 0 Å². The van der Waals surface area contributed by atoms with E-state index in [1.54, 1.807) is 0 Å². The van der Waals surface area contributed by atoms with Gasteiger partial charge in [-0.05, 0) is 26.0 Å². The summed E-state index contributed by atoms with van der Waals surface area (Å²) in [5.74, 6) is -0.589. The Morgan fingerprint density at radius 2 is 2.05 bits per heavy atom. The van der Waals surface area contributed by atoms with Crippen LogP contribution in [0.1, 0.15) is 30.1 Å². The summed E-state index contributed by atoms with van der Waals surface area (Å²) in [6, 6.07) is 9.16. The largest absolute Gasteiger partial charge is 0.476 e. The number of rotatable bonds is 5. The van der Waals surface area contributed by atoms with E-state index in [0.29, 0.717) is 5.89 Å². The first-order valence-corrected chi connectivity index (χ1v) is 5.98. The molecule has 0 saturated heterocycles. The standard InChI is InChI=1S/C14H15NO4/c1-9(2)18-8-11-12(14(16)17)15-13(19-11)10-6-4-3-5-7-10/h3-7,9H,8H2,1-2H3,(H,16,17). The topological polar surface area (TPSA) is 72.6 Å². The van der Waals surface area contributed by atoms with E-state index < -0.39 is 5.97 Å². The normalized spacial score (nSPS) is 10.9. The van der Waals surface area contributed by atoms with Gasteiger partial charge in [0.25, 0.3) is 0 Å². The number of oxazole rings is 1. The minimum atomic E-state index is -1.12. The first-order valence-electron chi connectivity index (χ1n) is 5.98. The number of carboxylic acid groups (broad SMARTS) is 1. The van der Waals surface area contributed by atoms with Crippen molar-refractivity contribution in [3.63, 3.8) is 0 Å². The zero-order valence-electron chi connectivity index (χ0n) is 10.8. The summed E-state index contributed by atoms with van der Waals surface area (Å²) in [6.45, 7) is 3.84. The Morgan fingerprint density at radius 3 is 2.63 bits per heavy atom. The molecule has 1 aromatic heterocycles. The van der Waals surface area contributed by atoms with E-state index in [0.717, 1.165) is 5.56 Å². The van der Waals surface area contributed by atoms with E-state index in [1.807, 2.05) is 44.2 Å². The van der Waals surface area contributed by atoms with Gasteiger partial charge in [-0.2, -0.15) is 0 Å². The fourth-order valence-electron chi connectivity index (χ4n) is 1.56. The van der Waals surface area contributed by atoms with Gasteiger partial charge >= 0.3 is 5.97 Å². The van der Waals surface area contributed by atoms with Crippen LogP contribution in [0.2, 0.25) is 0 Å². The lowest BCUT2D eigenvalue weighted by Crippen LogP contribution is -2.06. The Bertz CT molecular complexity index is 560. The lowest BCUT2D eigenvalue weighted by Gasteiger charge is -2.04. The van der Waals surface area contributed by atoms with Gasteiger partial charge in [0.2, 0.25) is 5.89 Å². The number of hydrogen-bond acceptors (Lipinski definition) is 4. The van der Waals surface area contributed by atoms with Gasteiger partial charge in [0.1, 0.15) is 6.61 Å². The molecule has 0 bridgehead atoms. The third-order valence-electron chi connectivity index (χ3n) is 2.47. The molecule has 5 nitrogen and oxygen atoms in total. The fourth-order valence-corrected chi connectivity index (χ4v) is 1.56. The maximum Gasteiger partial charge on any atom is 0.358 e.